The minimum atomic E-state index is -0.509. The fraction of sp³-hybridized carbons (Fsp3) is 0.212. The molecule has 2 amide bonds. The van der Waals surface area contributed by atoms with E-state index in [2.05, 4.69) is 17.6 Å². The lowest BCUT2D eigenvalue weighted by molar-refractivity contribution is -0.384. The molecule has 5 rings (SSSR count). The lowest BCUT2D eigenvalue weighted by Gasteiger charge is -2.12. The van der Waals surface area contributed by atoms with Crippen LogP contribution < -0.4 is 10.6 Å². The van der Waals surface area contributed by atoms with E-state index in [0.29, 0.717) is 40.9 Å². The van der Waals surface area contributed by atoms with Gasteiger partial charge in [-0.1, -0.05) is 80.8 Å². The normalized spacial score (nSPS) is 11.3. The third kappa shape index (κ3) is 6.92. The molecule has 5 aromatic rings. The van der Waals surface area contributed by atoms with E-state index in [1.54, 1.807) is 16.7 Å². The molecule has 2 aromatic heterocycles. The summed E-state index contributed by atoms with van der Waals surface area (Å²) in [6, 6.07) is 23.1. The number of nitro groups is 1. The van der Waals surface area contributed by atoms with Crippen LogP contribution in [0.4, 0.5) is 11.5 Å². The molecule has 0 saturated carbocycles. The van der Waals surface area contributed by atoms with Crippen LogP contribution in [0.3, 0.4) is 0 Å². The number of benzene rings is 3. The van der Waals surface area contributed by atoms with E-state index in [1.165, 1.54) is 24.3 Å². The van der Waals surface area contributed by atoms with Crippen molar-refractivity contribution in [2.24, 2.45) is 0 Å². The first-order valence-corrected chi connectivity index (χ1v) is 14.3. The van der Waals surface area contributed by atoms with Gasteiger partial charge in [0.2, 0.25) is 5.91 Å². The summed E-state index contributed by atoms with van der Waals surface area (Å²) in [5, 5.41) is 17.1. The van der Waals surface area contributed by atoms with Crippen LogP contribution in [-0.4, -0.2) is 37.8 Å². The number of hydrogen-bond donors (Lipinski definition) is 2. The summed E-state index contributed by atoms with van der Waals surface area (Å²) in [4.78, 5) is 47.4. The summed E-state index contributed by atoms with van der Waals surface area (Å²) in [7, 11) is 0. The fourth-order valence-electron chi connectivity index (χ4n) is 4.88. The van der Waals surface area contributed by atoms with Crippen LogP contribution in [0.2, 0.25) is 0 Å². The molecule has 0 aliphatic heterocycles. The first kappa shape index (κ1) is 29.1. The minimum Gasteiger partial charge on any atom is -0.352 e. The first-order valence-electron chi connectivity index (χ1n) is 14.3. The minimum absolute atomic E-state index is 0.0762. The molecule has 0 fully saturated rings. The van der Waals surface area contributed by atoms with Crippen molar-refractivity contribution in [1.82, 2.24) is 19.9 Å². The Balaban J connectivity index is 1.58. The molecule has 0 spiro atoms. The van der Waals surface area contributed by atoms with E-state index < -0.39 is 10.8 Å². The number of carbonyl (C=O) groups is 2. The van der Waals surface area contributed by atoms with Crippen LogP contribution in [0.15, 0.2) is 84.9 Å². The maximum absolute atomic E-state index is 13.8. The zero-order chi connectivity index (χ0) is 30.2. The second-order valence-corrected chi connectivity index (χ2v) is 10.2. The van der Waals surface area contributed by atoms with Crippen LogP contribution in [0.1, 0.15) is 54.1 Å². The first-order chi connectivity index (χ1) is 20.9. The molecule has 0 aliphatic carbocycles. The molecule has 10 heteroatoms. The zero-order valence-corrected chi connectivity index (χ0v) is 23.8. The van der Waals surface area contributed by atoms with Gasteiger partial charge in [0.1, 0.15) is 16.9 Å². The van der Waals surface area contributed by atoms with Crippen LogP contribution in [0, 0.1) is 10.1 Å². The van der Waals surface area contributed by atoms with Crippen molar-refractivity contribution in [2.75, 3.05) is 11.9 Å². The van der Waals surface area contributed by atoms with Gasteiger partial charge in [-0.2, -0.15) is 0 Å². The van der Waals surface area contributed by atoms with E-state index >= 15 is 0 Å². The predicted molar refractivity (Wildman–Crippen MR) is 168 cm³/mol. The van der Waals surface area contributed by atoms with Gasteiger partial charge >= 0.3 is 0 Å². The van der Waals surface area contributed by atoms with E-state index in [0.717, 1.165) is 31.2 Å². The molecular formula is C33H32N6O4. The third-order valence-electron chi connectivity index (χ3n) is 7.03. The Hall–Kier alpha value is -5.38. The summed E-state index contributed by atoms with van der Waals surface area (Å²) in [5.41, 5.74) is 3.75. The molecule has 0 bridgehead atoms. The van der Waals surface area contributed by atoms with E-state index in [-0.39, 0.29) is 23.0 Å². The molecule has 218 valence electrons. The standard InChI is InChI=1S/C33H32N6O4/c1-2-3-4-10-20-34-33(41)29-30-32(36-27-17-9-8-16-26(27)35-30)38(22-24-12-6-5-7-13-24)31(29)37-28(40)19-18-23-14-11-15-25(21-23)39(42)43/h5-9,11-19,21H,2-4,10,20,22H2,1H3,(H,34,41)(H,37,40). The molecular weight excluding hydrogens is 544 g/mol. The van der Waals surface area contributed by atoms with Crippen molar-refractivity contribution in [2.45, 2.75) is 39.2 Å². The highest BCUT2D eigenvalue weighted by Crippen LogP contribution is 2.31. The number of rotatable bonds is 12. The van der Waals surface area contributed by atoms with Gasteiger partial charge in [-0.3, -0.25) is 19.7 Å². The van der Waals surface area contributed by atoms with Gasteiger partial charge in [0.25, 0.3) is 11.6 Å². The predicted octanol–water partition coefficient (Wildman–Crippen LogP) is 6.50. The van der Waals surface area contributed by atoms with Crippen LogP contribution in [0.5, 0.6) is 0 Å². The molecule has 0 atom stereocenters. The molecule has 0 aliphatic rings. The van der Waals surface area contributed by atoms with Crippen LogP contribution >= 0.6 is 0 Å². The van der Waals surface area contributed by atoms with Crippen molar-refractivity contribution in [3.8, 4) is 0 Å². The van der Waals surface area contributed by atoms with Gasteiger partial charge in [-0.05, 0) is 35.8 Å². The Bertz CT molecular complexity index is 1810. The summed E-state index contributed by atoms with van der Waals surface area (Å²) in [6.45, 7) is 2.95. The molecule has 3 aromatic carbocycles. The Morgan fingerprint density at radius 1 is 0.930 bits per heavy atom. The third-order valence-corrected chi connectivity index (χ3v) is 7.03. The molecule has 2 heterocycles. The van der Waals surface area contributed by atoms with Crippen molar-refractivity contribution in [3.05, 3.63) is 112 Å². The number of amides is 2. The maximum Gasteiger partial charge on any atom is 0.270 e. The maximum atomic E-state index is 13.8. The molecule has 43 heavy (non-hydrogen) atoms. The lowest BCUT2D eigenvalue weighted by Crippen LogP contribution is -2.26. The molecule has 0 radical (unpaired) electrons. The molecule has 2 N–H and O–H groups in total. The van der Waals surface area contributed by atoms with E-state index in [9.17, 15) is 19.7 Å². The number of aromatic nitrogens is 3. The second kappa shape index (κ2) is 13.5. The Morgan fingerprint density at radius 3 is 2.42 bits per heavy atom. The molecule has 0 unspecified atom stereocenters. The smallest absolute Gasteiger partial charge is 0.270 e. The lowest BCUT2D eigenvalue weighted by atomic mass is 10.2. The zero-order valence-electron chi connectivity index (χ0n) is 23.8. The monoisotopic (exact) mass is 576 g/mol. The highest BCUT2D eigenvalue weighted by Gasteiger charge is 2.26. The van der Waals surface area contributed by atoms with Gasteiger partial charge in [0.05, 0.1) is 22.5 Å². The van der Waals surface area contributed by atoms with Crippen molar-refractivity contribution >= 4 is 51.6 Å². The Morgan fingerprint density at radius 2 is 1.67 bits per heavy atom. The summed E-state index contributed by atoms with van der Waals surface area (Å²) < 4.78 is 1.80. The largest absolute Gasteiger partial charge is 0.352 e. The van der Waals surface area contributed by atoms with Crippen molar-refractivity contribution < 1.29 is 14.5 Å². The number of anilines is 1. The van der Waals surface area contributed by atoms with Gasteiger partial charge in [0.15, 0.2) is 5.65 Å². The quantitative estimate of drug-likeness (QED) is 0.0754. The number of para-hydroxylation sites is 2. The number of unbranched alkanes of at least 4 members (excludes halogenated alkanes) is 3. The summed E-state index contributed by atoms with van der Waals surface area (Å²) in [6.07, 6.45) is 6.79. The number of nitro benzene ring substituents is 1. The number of carbonyl (C=O) groups excluding carboxylic acids is 2. The van der Waals surface area contributed by atoms with Crippen LogP contribution in [-0.2, 0) is 11.3 Å². The van der Waals surface area contributed by atoms with Crippen LogP contribution in [0.25, 0.3) is 28.3 Å². The second-order valence-electron chi connectivity index (χ2n) is 10.2. The highest BCUT2D eigenvalue weighted by molar-refractivity contribution is 6.14. The van der Waals surface area contributed by atoms with Gasteiger partial charge in [0, 0.05) is 24.8 Å². The van der Waals surface area contributed by atoms with Gasteiger partial charge in [-0.15, -0.1) is 0 Å². The number of nitrogens with one attached hydrogen (secondary N) is 2. The average Bonchev–Trinajstić information content (AvgIpc) is 3.30. The van der Waals surface area contributed by atoms with E-state index in [4.69, 9.17) is 9.97 Å². The Labute approximate surface area is 248 Å². The van der Waals surface area contributed by atoms with Gasteiger partial charge in [-0.25, -0.2) is 9.97 Å². The van der Waals surface area contributed by atoms with Crippen molar-refractivity contribution in [1.29, 1.82) is 0 Å². The highest BCUT2D eigenvalue weighted by atomic mass is 16.6. The van der Waals surface area contributed by atoms with Gasteiger partial charge < -0.3 is 15.2 Å². The SMILES string of the molecule is CCCCCCNC(=O)c1c(NC(=O)C=Cc2cccc([N+](=O)[O-])c2)n(Cc2ccccc2)c2nc3ccccc3nc12. The number of hydrogen-bond acceptors (Lipinski definition) is 6. The number of nitrogens with zero attached hydrogens (tertiary/aromatic N) is 4. The topological polar surface area (TPSA) is 132 Å². The number of fused-ring (bicyclic) bond motifs is 2. The summed E-state index contributed by atoms with van der Waals surface area (Å²) >= 11 is 0. The summed E-state index contributed by atoms with van der Waals surface area (Å²) in [5.74, 6) is -0.588. The fourth-order valence-corrected chi connectivity index (χ4v) is 4.88. The molecule has 0 saturated heterocycles. The molecule has 10 nitrogen and oxygen atoms in total. The van der Waals surface area contributed by atoms with Crippen molar-refractivity contribution in [3.63, 3.8) is 0 Å². The average molecular weight is 577 g/mol. The number of non-ortho nitro benzene ring substituents is 1. The van der Waals surface area contributed by atoms with E-state index in [1.807, 2.05) is 54.6 Å². The Kier molecular flexibility index (Phi) is 9.16.